The summed E-state index contributed by atoms with van der Waals surface area (Å²) in [5.74, 6) is -0.356. The Morgan fingerprint density at radius 3 is 2.29 bits per heavy atom. The van der Waals surface area contributed by atoms with Crippen molar-refractivity contribution < 1.29 is 22.7 Å². The molecule has 0 saturated carbocycles. The number of alkyl halides is 3. The average molecular weight is 344 g/mol. The van der Waals surface area contributed by atoms with Crippen molar-refractivity contribution in [2.24, 2.45) is 11.1 Å². The first-order chi connectivity index (χ1) is 11.0. The van der Waals surface area contributed by atoms with E-state index in [4.69, 9.17) is 10.5 Å². The predicted molar refractivity (Wildman–Crippen MR) is 84.5 cm³/mol. The van der Waals surface area contributed by atoms with Crippen LogP contribution in [0.5, 0.6) is 0 Å². The molecule has 134 valence electrons. The van der Waals surface area contributed by atoms with Gasteiger partial charge < -0.3 is 10.5 Å². The Labute approximate surface area is 139 Å². The van der Waals surface area contributed by atoms with Gasteiger partial charge >= 0.3 is 12.3 Å². The smallest absolute Gasteiger partial charge is 0.404 e. The van der Waals surface area contributed by atoms with E-state index in [1.807, 2.05) is 51.1 Å². The number of likely N-dealkylation sites (tertiary alicyclic amines) is 1. The predicted octanol–water partition coefficient (Wildman–Crippen LogP) is 3.53. The molecule has 24 heavy (non-hydrogen) atoms. The highest BCUT2D eigenvalue weighted by Crippen LogP contribution is 2.43. The molecule has 3 atom stereocenters. The summed E-state index contributed by atoms with van der Waals surface area (Å²) in [6, 6.07) is 8.54. The van der Waals surface area contributed by atoms with Gasteiger partial charge in [0.15, 0.2) is 0 Å². The van der Waals surface area contributed by atoms with E-state index in [9.17, 15) is 18.0 Å². The minimum atomic E-state index is -4.33. The fourth-order valence-electron chi connectivity index (χ4n) is 3.61. The molecule has 1 aliphatic rings. The number of carbonyl (C=O) groups is 1. The number of rotatable bonds is 3. The summed E-state index contributed by atoms with van der Waals surface area (Å²) in [6.07, 6.45) is -6.02. The molecule has 1 unspecified atom stereocenters. The second-order valence-corrected chi connectivity index (χ2v) is 7.27. The Balaban J connectivity index is 2.42. The van der Waals surface area contributed by atoms with E-state index in [2.05, 4.69) is 0 Å². The van der Waals surface area contributed by atoms with E-state index in [-0.39, 0.29) is 12.5 Å². The maximum absolute atomic E-state index is 13.0. The second kappa shape index (κ2) is 6.63. The van der Waals surface area contributed by atoms with Gasteiger partial charge in [-0.1, -0.05) is 51.1 Å². The van der Waals surface area contributed by atoms with Gasteiger partial charge in [-0.25, -0.2) is 4.79 Å². The Morgan fingerprint density at radius 2 is 1.83 bits per heavy atom. The second-order valence-electron chi connectivity index (χ2n) is 7.27. The van der Waals surface area contributed by atoms with Crippen LogP contribution < -0.4 is 5.73 Å². The number of ether oxygens (including phenoxy) is 1. The van der Waals surface area contributed by atoms with Gasteiger partial charge in [0, 0.05) is 12.5 Å². The number of nitrogens with two attached hydrogens (primary N) is 1. The Kier molecular flexibility index (Phi) is 5.13. The van der Waals surface area contributed by atoms with E-state index >= 15 is 0 Å². The molecular formula is C17H23F3N2O2. The number of carbonyl (C=O) groups excluding carboxylic acids is 1. The van der Waals surface area contributed by atoms with E-state index in [1.54, 1.807) is 0 Å². The van der Waals surface area contributed by atoms with Crippen molar-refractivity contribution in [2.75, 3.05) is 13.1 Å². The highest BCUT2D eigenvalue weighted by molar-refractivity contribution is 5.65. The normalized spacial score (nSPS) is 25.7. The number of primary amides is 1. The van der Waals surface area contributed by atoms with Crippen molar-refractivity contribution in [3.05, 3.63) is 35.9 Å². The van der Waals surface area contributed by atoms with Crippen LogP contribution in [0.15, 0.2) is 30.3 Å². The Morgan fingerprint density at radius 1 is 1.25 bits per heavy atom. The highest BCUT2D eigenvalue weighted by Gasteiger charge is 2.52. The van der Waals surface area contributed by atoms with E-state index in [0.29, 0.717) is 0 Å². The van der Waals surface area contributed by atoms with Crippen LogP contribution in [-0.2, 0) is 4.74 Å². The summed E-state index contributed by atoms with van der Waals surface area (Å²) in [5.41, 5.74) is 5.51. The number of benzene rings is 1. The van der Waals surface area contributed by atoms with Gasteiger partial charge in [-0.2, -0.15) is 13.2 Å². The summed E-state index contributed by atoms with van der Waals surface area (Å²) in [6.45, 7) is 4.63. The molecule has 7 heteroatoms. The minimum Gasteiger partial charge on any atom is -0.444 e. The molecule has 0 bridgehead atoms. The van der Waals surface area contributed by atoms with Gasteiger partial charge in [-0.15, -0.1) is 0 Å². The van der Waals surface area contributed by atoms with Crippen molar-refractivity contribution in [1.29, 1.82) is 0 Å². The molecular weight excluding hydrogens is 321 g/mol. The SMILES string of the molecule is CC(C)(C)[C@@H]1C(OC(N)=O)[C@@H](c2ccccc2)CN1CC(F)(F)F. The molecule has 1 aliphatic heterocycles. The maximum atomic E-state index is 13.0. The molecule has 1 aromatic rings. The van der Waals surface area contributed by atoms with Crippen molar-refractivity contribution >= 4 is 6.09 Å². The van der Waals surface area contributed by atoms with Crippen LogP contribution in [0.1, 0.15) is 32.3 Å². The lowest BCUT2D eigenvalue weighted by Crippen LogP contribution is -2.49. The summed E-state index contributed by atoms with van der Waals surface area (Å²) in [4.78, 5) is 12.7. The van der Waals surface area contributed by atoms with Crippen LogP contribution in [0.2, 0.25) is 0 Å². The summed E-state index contributed by atoms with van der Waals surface area (Å²) in [5, 5.41) is 0. The zero-order valence-electron chi connectivity index (χ0n) is 14.0. The molecule has 4 nitrogen and oxygen atoms in total. The standard InChI is InChI=1S/C17H23F3N2O2/c1-16(2,3)14-13(24-15(21)23)12(11-7-5-4-6-8-11)9-22(14)10-17(18,19)20/h4-8,12-14H,9-10H2,1-3H3,(H2,21,23)/t12-,13?,14+/m1/s1. The van der Waals surface area contributed by atoms with E-state index in [0.717, 1.165) is 5.56 Å². The maximum Gasteiger partial charge on any atom is 0.404 e. The zero-order chi connectivity index (χ0) is 18.1. The van der Waals surface area contributed by atoms with Gasteiger partial charge in [-0.05, 0) is 11.0 Å². The number of nitrogens with zero attached hydrogens (tertiary/aromatic N) is 1. The average Bonchev–Trinajstić information content (AvgIpc) is 2.74. The fraction of sp³-hybridized carbons (Fsp3) is 0.588. The van der Waals surface area contributed by atoms with Gasteiger partial charge in [0.1, 0.15) is 6.10 Å². The van der Waals surface area contributed by atoms with Crippen LogP contribution in [-0.4, -0.2) is 42.4 Å². The zero-order valence-corrected chi connectivity index (χ0v) is 14.0. The number of amides is 1. The van der Waals surface area contributed by atoms with Crippen LogP contribution in [0.3, 0.4) is 0 Å². The minimum absolute atomic E-state index is 0.156. The van der Waals surface area contributed by atoms with E-state index in [1.165, 1.54) is 4.90 Å². The summed E-state index contributed by atoms with van der Waals surface area (Å²) >= 11 is 0. The molecule has 1 amide bonds. The van der Waals surface area contributed by atoms with Crippen LogP contribution in [0.4, 0.5) is 18.0 Å². The Bertz CT molecular complexity index is 569. The van der Waals surface area contributed by atoms with E-state index < -0.39 is 36.4 Å². The van der Waals surface area contributed by atoms with Gasteiger partial charge in [-0.3, -0.25) is 4.90 Å². The molecule has 1 heterocycles. The fourth-order valence-corrected chi connectivity index (χ4v) is 3.61. The van der Waals surface area contributed by atoms with Crippen LogP contribution in [0, 0.1) is 5.41 Å². The third-order valence-electron chi connectivity index (χ3n) is 4.28. The van der Waals surface area contributed by atoms with Crippen molar-refractivity contribution in [1.82, 2.24) is 4.90 Å². The van der Waals surface area contributed by atoms with Gasteiger partial charge in [0.25, 0.3) is 0 Å². The van der Waals surface area contributed by atoms with Crippen molar-refractivity contribution in [3.8, 4) is 0 Å². The molecule has 2 N–H and O–H groups in total. The lowest BCUT2D eigenvalue weighted by molar-refractivity contribution is -0.153. The van der Waals surface area contributed by atoms with Gasteiger partial charge in [0.05, 0.1) is 12.6 Å². The topological polar surface area (TPSA) is 55.6 Å². The third-order valence-corrected chi connectivity index (χ3v) is 4.28. The lowest BCUT2D eigenvalue weighted by atomic mass is 9.80. The molecule has 1 fully saturated rings. The first-order valence-corrected chi connectivity index (χ1v) is 7.81. The lowest BCUT2D eigenvalue weighted by Gasteiger charge is -2.38. The molecule has 0 spiro atoms. The number of halogens is 3. The molecule has 0 radical (unpaired) electrons. The monoisotopic (exact) mass is 344 g/mol. The van der Waals surface area contributed by atoms with Crippen molar-refractivity contribution in [3.63, 3.8) is 0 Å². The molecule has 0 aliphatic carbocycles. The molecule has 0 aromatic heterocycles. The quantitative estimate of drug-likeness (QED) is 0.913. The number of hydrogen-bond acceptors (Lipinski definition) is 3. The van der Waals surface area contributed by atoms with Gasteiger partial charge in [0.2, 0.25) is 0 Å². The van der Waals surface area contributed by atoms with Crippen LogP contribution >= 0.6 is 0 Å². The summed E-state index contributed by atoms with van der Waals surface area (Å²) in [7, 11) is 0. The van der Waals surface area contributed by atoms with Crippen molar-refractivity contribution in [2.45, 2.75) is 45.0 Å². The first kappa shape index (κ1) is 18.6. The number of hydrogen-bond donors (Lipinski definition) is 1. The third kappa shape index (κ3) is 4.41. The molecule has 1 saturated heterocycles. The molecule has 1 aromatic carbocycles. The summed E-state index contributed by atoms with van der Waals surface area (Å²) < 4.78 is 44.3. The first-order valence-electron chi connectivity index (χ1n) is 7.81. The largest absolute Gasteiger partial charge is 0.444 e. The van der Waals surface area contributed by atoms with Crippen LogP contribution in [0.25, 0.3) is 0 Å². The Hall–Kier alpha value is -1.76. The molecule has 2 rings (SSSR count). The highest BCUT2D eigenvalue weighted by atomic mass is 19.4.